The van der Waals surface area contributed by atoms with E-state index in [0.717, 1.165) is 29.8 Å². The molecular formula is C22H15F2N3O5S. The van der Waals surface area contributed by atoms with Crippen molar-refractivity contribution in [3.63, 3.8) is 0 Å². The molecule has 33 heavy (non-hydrogen) atoms. The van der Waals surface area contributed by atoms with Crippen LogP contribution in [0.3, 0.4) is 0 Å². The second-order valence-corrected chi connectivity index (χ2v) is 7.28. The molecule has 0 saturated heterocycles. The number of carbonyl (C=O) groups excluding carboxylic acids is 1. The van der Waals surface area contributed by atoms with Crippen molar-refractivity contribution in [2.24, 2.45) is 0 Å². The van der Waals surface area contributed by atoms with E-state index in [1.807, 2.05) is 12.1 Å². The van der Waals surface area contributed by atoms with Crippen molar-refractivity contribution >= 4 is 40.6 Å². The van der Waals surface area contributed by atoms with E-state index in [1.165, 1.54) is 6.07 Å². The predicted octanol–water partition coefficient (Wildman–Crippen LogP) is 5.97. The normalized spacial score (nSPS) is 10.8. The summed E-state index contributed by atoms with van der Waals surface area (Å²) in [7, 11) is 0. The number of para-hydroxylation sites is 2. The topological polar surface area (TPSA) is 99.5 Å². The molecule has 1 heterocycles. The van der Waals surface area contributed by atoms with E-state index in [-0.39, 0.29) is 40.7 Å². The third-order valence-corrected chi connectivity index (χ3v) is 4.95. The number of hydrogen-bond acceptors (Lipinski definition) is 6. The zero-order valence-electron chi connectivity index (χ0n) is 16.8. The number of aryl methyl sites for hydroxylation is 1. The molecular weight excluding hydrogens is 456 g/mol. The van der Waals surface area contributed by atoms with Gasteiger partial charge in [0.2, 0.25) is 5.91 Å². The Morgan fingerprint density at radius 2 is 1.94 bits per heavy atom. The van der Waals surface area contributed by atoms with Crippen molar-refractivity contribution < 1.29 is 27.7 Å². The van der Waals surface area contributed by atoms with Crippen molar-refractivity contribution in [3.05, 3.63) is 87.2 Å². The Morgan fingerprint density at radius 3 is 2.70 bits per heavy atom. The van der Waals surface area contributed by atoms with E-state index in [0.29, 0.717) is 11.6 Å². The van der Waals surface area contributed by atoms with Crippen LogP contribution in [0.2, 0.25) is 0 Å². The van der Waals surface area contributed by atoms with Gasteiger partial charge in [0.1, 0.15) is 11.6 Å². The number of amides is 1. The molecule has 0 fully saturated rings. The SMILES string of the molecule is O=C(CCn1c(=S)oc2ccccc21)Nc1cc(Oc2ccc(F)cc2F)cc([N+](=O)[O-])c1. The fourth-order valence-electron chi connectivity index (χ4n) is 3.17. The summed E-state index contributed by atoms with van der Waals surface area (Å²) in [5.41, 5.74) is 1.03. The highest BCUT2D eigenvalue weighted by Crippen LogP contribution is 2.31. The molecule has 0 atom stereocenters. The molecule has 168 valence electrons. The molecule has 0 saturated carbocycles. The van der Waals surface area contributed by atoms with E-state index in [2.05, 4.69) is 5.32 Å². The first-order chi connectivity index (χ1) is 15.8. The Kier molecular flexibility index (Phi) is 6.13. The van der Waals surface area contributed by atoms with Crippen LogP contribution in [0.5, 0.6) is 11.5 Å². The summed E-state index contributed by atoms with van der Waals surface area (Å²) >= 11 is 5.20. The van der Waals surface area contributed by atoms with E-state index >= 15 is 0 Å². The second kappa shape index (κ2) is 9.17. The maximum absolute atomic E-state index is 13.9. The van der Waals surface area contributed by atoms with Crippen molar-refractivity contribution in [2.75, 3.05) is 5.32 Å². The number of carbonyl (C=O) groups is 1. The quantitative estimate of drug-likeness (QED) is 0.202. The molecule has 4 aromatic rings. The highest BCUT2D eigenvalue weighted by atomic mass is 32.1. The van der Waals surface area contributed by atoms with Crippen LogP contribution < -0.4 is 10.1 Å². The van der Waals surface area contributed by atoms with E-state index in [4.69, 9.17) is 21.4 Å². The van der Waals surface area contributed by atoms with Gasteiger partial charge >= 0.3 is 0 Å². The number of anilines is 1. The molecule has 8 nitrogen and oxygen atoms in total. The summed E-state index contributed by atoms with van der Waals surface area (Å²) < 4.78 is 39.5. The molecule has 0 aliphatic rings. The van der Waals surface area contributed by atoms with Gasteiger partial charge in [0.15, 0.2) is 17.1 Å². The highest BCUT2D eigenvalue weighted by molar-refractivity contribution is 7.71. The summed E-state index contributed by atoms with van der Waals surface area (Å²) in [5.74, 6) is -2.64. The van der Waals surface area contributed by atoms with Crippen LogP contribution in [0.1, 0.15) is 6.42 Å². The predicted molar refractivity (Wildman–Crippen MR) is 118 cm³/mol. The fourth-order valence-corrected chi connectivity index (χ4v) is 3.45. The average Bonchev–Trinajstić information content (AvgIpc) is 3.09. The Balaban J connectivity index is 1.51. The molecule has 1 amide bonds. The molecule has 0 aliphatic heterocycles. The second-order valence-electron chi connectivity index (χ2n) is 6.94. The number of oxazole rings is 1. The first-order valence-corrected chi connectivity index (χ1v) is 10.0. The third kappa shape index (κ3) is 5.04. The fraction of sp³-hybridized carbons (Fsp3) is 0.0909. The van der Waals surface area contributed by atoms with Gasteiger partial charge in [-0.1, -0.05) is 12.1 Å². The van der Waals surface area contributed by atoms with Gasteiger partial charge in [-0.25, -0.2) is 8.78 Å². The number of hydrogen-bond donors (Lipinski definition) is 1. The van der Waals surface area contributed by atoms with Crippen LogP contribution in [-0.4, -0.2) is 15.4 Å². The number of nitrogens with one attached hydrogen (secondary N) is 1. The van der Waals surface area contributed by atoms with Gasteiger partial charge in [-0.2, -0.15) is 0 Å². The summed E-state index contributed by atoms with van der Waals surface area (Å²) in [4.78, 5) is 23.3. The first-order valence-electron chi connectivity index (χ1n) is 9.61. The minimum Gasteiger partial charge on any atom is -0.454 e. The third-order valence-electron chi connectivity index (χ3n) is 4.64. The Hall–Kier alpha value is -4.12. The van der Waals surface area contributed by atoms with Crippen LogP contribution in [-0.2, 0) is 11.3 Å². The van der Waals surface area contributed by atoms with Crippen LogP contribution in [0.15, 0.2) is 65.1 Å². The van der Waals surface area contributed by atoms with Crippen LogP contribution in [0.4, 0.5) is 20.2 Å². The molecule has 4 rings (SSSR count). The molecule has 1 aromatic heterocycles. The smallest absolute Gasteiger partial charge is 0.275 e. The number of fused-ring (bicyclic) bond motifs is 1. The number of nitro groups is 1. The number of ether oxygens (including phenoxy) is 1. The largest absolute Gasteiger partial charge is 0.454 e. The maximum Gasteiger partial charge on any atom is 0.275 e. The summed E-state index contributed by atoms with van der Waals surface area (Å²) in [6.45, 7) is 0.223. The Bertz CT molecular complexity index is 1430. The van der Waals surface area contributed by atoms with Crippen molar-refractivity contribution in [1.29, 1.82) is 0 Å². The zero-order chi connectivity index (χ0) is 23.5. The highest BCUT2D eigenvalue weighted by Gasteiger charge is 2.15. The first kappa shape index (κ1) is 22.1. The molecule has 1 N–H and O–H groups in total. The number of nitrogens with zero attached hydrogens (tertiary/aromatic N) is 2. The van der Waals surface area contributed by atoms with E-state index < -0.39 is 22.5 Å². The molecule has 0 radical (unpaired) electrons. The van der Waals surface area contributed by atoms with Gasteiger partial charge in [0.25, 0.3) is 10.5 Å². The van der Waals surface area contributed by atoms with Crippen molar-refractivity contribution in [3.8, 4) is 11.5 Å². The Labute approximate surface area is 190 Å². The van der Waals surface area contributed by atoms with Crippen molar-refractivity contribution in [2.45, 2.75) is 13.0 Å². The van der Waals surface area contributed by atoms with Gasteiger partial charge in [0.05, 0.1) is 22.2 Å². The number of halogens is 2. The average molecular weight is 471 g/mol. The van der Waals surface area contributed by atoms with Crippen LogP contribution in [0, 0.1) is 26.6 Å². The van der Waals surface area contributed by atoms with Gasteiger partial charge in [-0.05, 0) is 36.5 Å². The number of rotatable bonds is 7. The lowest BCUT2D eigenvalue weighted by atomic mass is 10.2. The molecule has 3 aromatic carbocycles. The van der Waals surface area contributed by atoms with E-state index in [9.17, 15) is 23.7 Å². The van der Waals surface area contributed by atoms with Crippen molar-refractivity contribution in [1.82, 2.24) is 4.57 Å². The Morgan fingerprint density at radius 1 is 1.15 bits per heavy atom. The number of non-ortho nitro benzene ring substituents is 1. The molecule has 0 unspecified atom stereocenters. The van der Waals surface area contributed by atoms with Crippen LogP contribution >= 0.6 is 12.2 Å². The summed E-state index contributed by atoms with van der Waals surface area (Å²) in [6.07, 6.45) is 0.00328. The maximum atomic E-state index is 13.9. The lowest BCUT2D eigenvalue weighted by Gasteiger charge is -2.10. The zero-order valence-corrected chi connectivity index (χ0v) is 17.6. The number of nitro benzene ring substituents is 1. The standard InChI is InChI=1S/C22H15F2N3O5S/c23-13-5-6-19(17(24)9-13)31-16-11-14(10-15(12-16)27(29)30)25-21(28)7-8-26-18-3-1-2-4-20(18)32-22(26)33/h1-6,9-12H,7-8H2,(H,25,28). The van der Waals surface area contributed by atoms with Crippen LogP contribution in [0.25, 0.3) is 11.1 Å². The van der Waals surface area contributed by atoms with Gasteiger partial charge < -0.3 is 14.5 Å². The van der Waals surface area contributed by atoms with Gasteiger partial charge in [-0.3, -0.25) is 19.5 Å². The molecule has 11 heteroatoms. The minimum atomic E-state index is -0.976. The lowest BCUT2D eigenvalue weighted by Crippen LogP contribution is -2.14. The number of benzene rings is 3. The minimum absolute atomic E-state index is 0.00328. The summed E-state index contributed by atoms with van der Waals surface area (Å²) in [5, 5.41) is 13.8. The number of aromatic nitrogens is 1. The molecule has 0 aliphatic carbocycles. The lowest BCUT2D eigenvalue weighted by molar-refractivity contribution is -0.384. The summed E-state index contributed by atoms with van der Waals surface area (Å²) in [6, 6.07) is 13.4. The van der Waals surface area contributed by atoms with E-state index in [1.54, 1.807) is 16.7 Å². The molecule has 0 bridgehead atoms. The van der Waals surface area contributed by atoms with Gasteiger partial charge in [-0.15, -0.1) is 0 Å². The molecule has 0 spiro atoms. The monoisotopic (exact) mass is 471 g/mol. The van der Waals surface area contributed by atoms with Gasteiger partial charge in [0, 0.05) is 31.2 Å².